The number of hydrogen-bond acceptors (Lipinski definition) is 5. The van der Waals surface area contributed by atoms with Crippen molar-refractivity contribution in [3.8, 4) is 6.19 Å². The van der Waals surface area contributed by atoms with E-state index in [4.69, 9.17) is 5.26 Å². The third-order valence-corrected chi connectivity index (χ3v) is 3.48. The molecule has 2 atom stereocenters. The Labute approximate surface area is 106 Å². The highest BCUT2D eigenvalue weighted by atomic mass is 32.2. The maximum absolute atomic E-state index is 8.40. The lowest BCUT2D eigenvalue weighted by Gasteiger charge is -2.13. The molecule has 1 aliphatic rings. The van der Waals surface area contributed by atoms with Gasteiger partial charge in [0.2, 0.25) is 12.2 Å². The number of nitrogens with zero attached hydrogens (tertiary/aromatic N) is 3. The molecule has 0 aliphatic carbocycles. The summed E-state index contributed by atoms with van der Waals surface area (Å²) in [7, 11) is 1.73. The number of aliphatic imine (C=N–C) groups is 2. The lowest BCUT2D eigenvalue weighted by Crippen LogP contribution is -2.36. The highest BCUT2D eigenvalue weighted by Gasteiger charge is 2.18. The molecule has 0 saturated heterocycles. The highest BCUT2D eigenvalue weighted by Crippen LogP contribution is 2.10. The number of nitrogens with one attached hydrogen (secondary N) is 3. The van der Waals surface area contributed by atoms with Gasteiger partial charge in [0.1, 0.15) is 0 Å². The molecule has 94 valence electrons. The minimum atomic E-state index is 0.372. The van der Waals surface area contributed by atoms with Crippen LogP contribution in [0.2, 0.25) is 0 Å². The van der Waals surface area contributed by atoms with Crippen molar-refractivity contribution in [2.75, 3.05) is 25.1 Å². The minimum Gasteiger partial charge on any atom is -0.372 e. The number of nitriles is 1. The maximum atomic E-state index is 8.40. The Morgan fingerprint density at radius 3 is 3.12 bits per heavy atom. The number of thioether (sulfide) groups is 1. The molecule has 17 heavy (non-hydrogen) atoms. The first-order valence-corrected chi connectivity index (χ1v) is 6.67. The van der Waals surface area contributed by atoms with E-state index in [1.165, 1.54) is 0 Å². The molecule has 6 nitrogen and oxygen atoms in total. The highest BCUT2D eigenvalue weighted by molar-refractivity contribution is 7.99. The molecule has 0 aromatic heterocycles. The van der Waals surface area contributed by atoms with Crippen LogP contribution in [0.25, 0.3) is 0 Å². The summed E-state index contributed by atoms with van der Waals surface area (Å²) in [6, 6.07) is 0.806. The van der Waals surface area contributed by atoms with Crippen LogP contribution in [0.4, 0.5) is 0 Å². The van der Waals surface area contributed by atoms with E-state index in [0.29, 0.717) is 18.0 Å². The summed E-state index contributed by atoms with van der Waals surface area (Å²) in [5.74, 6) is 2.49. The average molecular weight is 254 g/mol. The van der Waals surface area contributed by atoms with Gasteiger partial charge in [-0.25, -0.2) is 0 Å². The van der Waals surface area contributed by atoms with Crippen molar-refractivity contribution >= 4 is 24.1 Å². The first-order chi connectivity index (χ1) is 8.27. The Morgan fingerprint density at radius 2 is 2.53 bits per heavy atom. The summed E-state index contributed by atoms with van der Waals surface area (Å²) in [4.78, 5) is 7.93. The SMILES string of the molecule is CN/C(=N/C#N)NCCSCC1N=CNC1C. The third kappa shape index (κ3) is 4.95. The molecule has 1 aliphatic heterocycles. The Morgan fingerprint density at radius 1 is 1.71 bits per heavy atom. The number of rotatable bonds is 5. The summed E-state index contributed by atoms with van der Waals surface area (Å²) < 4.78 is 0. The zero-order chi connectivity index (χ0) is 12.5. The van der Waals surface area contributed by atoms with E-state index in [-0.39, 0.29) is 0 Å². The first-order valence-electron chi connectivity index (χ1n) is 5.51. The van der Waals surface area contributed by atoms with Crippen LogP contribution in [0.15, 0.2) is 9.98 Å². The molecule has 0 aromatic rings. The maximum Gasteiger partial charge on any atom is 0.209 e. The Hall–Kier alpha value is -1.42. The fraction of sp³-hybridized carbons (Fsp3) is 0.700. The van der Waals surface area contributed by atoms with Gasteiger partial charge in [0.05, 0.1) is 12.4 Å². The van der Waals surface area contributed by atoms with E-state index >= 15 is 0 Å². The van der Waals surface area contributed by atoms with Gasteiger partial charge in [0.25, 0.3) is 0 Å². The summed E-state index contributed by atoms with van der Waals surface area (Å²) in [6.45, 7) is 2.92. The summed E-state index contributed by atoms with van der Waals surface area (Å²) in [5.41, 5.74) is 0. The molecule has 1 rings (SSSR count). The normalized spacial score (nSPS) is 23.0. The predicted octanol–water partition coefficient (Wildman–Crippen LogP) is -0.246. The lowest BCUT2D eigenvalue weighted by molar-refractivity contribution is 0.609. The predicted molar refractivity (Wildman–Crippen MR) is 72.3 cm³/mol. The van der Waals surface area contributed by atoms with E-state index < -0.39 is 0 Å². The van der Waals surface area contributed by atoms with Gasteiger partial charge in [-0.15, -0.1) is 4.99 Å². The van der Waals surface area contributed by atoms with E-state index in [0.717, 1.165) is 18.1 Å². The van der Waals surface area contributed by atoms with Crippen LogP contribution < -0.4 is 16.0 Å². The molecule has 7 heteroatoms. The van der Waals surface area contributed by atoms with Gasteiger partial charge in [-0.3, -0.25) is 4.99 Å². The first kappa shape index (κ1) is 13.6. The summed E-state index contributed by atoms with van der Waals surface area (Å²) in [6.07, 6.45) is 3.52. The molecule has 0 spiro atoms. The van der Waals surface area contributed by atoms with Gasteiger partial charge in [-0.1, -0.05) is 0 Å². The molecule has 1 heterocycles. The van der Waals surface area contributed by atoms with Crippen LogP contribution >= 0.6 is 11.8 Å². The molecule has 0 saturated carbocycles. The molecule has 0 radical (unpaired) electrons. The van der Waals surface area contributed by atoms with Gasteiger partial charge >= 0.3 is 0 Å². The fourth-order valence-corrected chi connectivity index (χ4v) is 2.39. The van der Waals surface area contributed by atoms with Crippen molar-refractivity contribution in [3.05, 3.63) is 0 Å². The second kappa shape index (κ2) is 7.79. The van der Waals surface area contributed by atoms with E-state index in [9.17, 15) is 0 Å². The molecular weight excluding hydrogens is 236 g/mol. The van der Waals surface area contributed by atoms with Crippen LogP contribution in [0.5, 0.6) is 0 Å². The van der Waals surface area contributed by atoms with Gasteiger partial charge in [-0.2, -0.15) is 17.0 Å². The zero-order valence-corrected chi connectivity index (χ0v) is 10.9. The minimum absolute atomic E-state index is 0.372. The Kier molecular flexibility index (Phi) is 6.25. The fourth-order valence-electron chi connectivity index (χ4n) is 1.36. The van der Waals surface area contributed by atoms with Crippen molar-refractivity contribution in [2.24, 2.45) is 9.98 Å². The van der Waals surface area contributed by atoms with Crippen LogP contribution in [-0.4, -0.2) is 49.5 Å². The number of hydrogen-bond donors (Lipinski definition) is 3. The van der Waals surface area contributed by atoms with Crippen LogP contribution in [0, 0.1) is 11.5 Å². The van der Waals surface area contributed by atoms with Crippen molar-refractivity contribution < 1.29 is 0 Å². The van der Waals surface area contributed by atoms with Gasteiger partial charge < -0.3 is 16.0 Å². The smallest absolute Gasteiger partial charge is 0.209 e. The monoisotopic (exact) mass is 254 g/mol. The molecule has 3 N–H and O–H groups in total. The average Bonchev–Trinajstić information content (AvgIpc) is 2.73. The largest absolute Gasteiger partial charge is 0.372 e. The molecular formula is C10H18N6S. The van der Waals surface area contributed by atoms with Crippen molar-refractivity contribution in [1.82, 2.24) is 16.0 Å². The van der Waals surface area contributed by atoms with Crippen molar-refractivity contribution in [2.45, 2.75) is 19.0 Å². The molecule has 0 fully saturated rings. The molecule has 0 aromatic carbocycles. The topological polar surface area (TPSA) is 84.6 Å². The Balaban J connectivity index is 2.07. The second-order valence-corrected chi connectivity index (χ2v) is 4.76. The quantitative estimate of drug-likeness (QED) is 0.273. The van der Waals surface area contributed by atoms with Gasteiger partial charge in [-0.05, 0) is 6.92 Å². The van der Waals surface area contributed by atoms with E-state index in [2.05, 4.69) is 32.9 Å². The van der Waals surface area contributed by atoms with Gasteiger partial charge in [0.15, 0.2) is 0 Å². The van der Waals surface area contributed by atoms with Crippen molar-refractivity contribution in [1.29, 1.82) is 5.26 Å². The third-order valence-electron chi connectivity index (χ3n) is 2.41. The van der Waals surface area contributed by atoms with Crippen LogP contribution in [0.1, 0.15) is 6.92 Å². The summed E-state index contributed by atoms with van der Waals surface area (Å²) in [5, 5.41) is 17.4. The molecule has 2 unspecified atom stereocenters. The van der Waals surface area contributed by atoms with E-state index in [1.54, 1.807) is 19.6 Å². The van der Waals surface area contributed by atoms with Crippen molar-refractivity contribution in [3.63, 3.8) is 0 Å². The molecule has 0 bridgehead atoms. The number of guanidine groups is 1. The van der Waals surface area contributed by atoms with E-state index in [1.807, 2.05) is 11.8 Å². The Bertz CT molecular complexity index is 321. The summed E-state index contributed by atoms with van der Waals surface area (Å²) >= 11 is 1.84. The lowest BCUT2D eigenvalue weighted by atomic mass is 10.2. The van der Waals surface area contributed by atoms with Gasteiger partial charge in [0, 0.05) is 31.1 Å². The zero-order valence-electron chi connectivity index (χ0n) is 10.1. The molecule has 0 amide bonds. The second-order valence-electron chi connectivity index (χ2n) is 3.61. The van der Waals surface area contributed by atoms with Crippen LogP contribution in [0.3, 0.4) is 0 Å². The van der Waals surface area contributed by atoms with Crippen LogP contribution in [-0.2, 0) is 0 Å². The standard InChI is InChI=1S/C10H18N6S/c1-8-9(16-7-15-8)5-17-4-3-13-10(12-2)14-6-11/h7-9H,3-5H2,1-2H3,(H,15,16)(H2,12,13,14).